The van der Waals surface area contributed by atoms with Gasteiger partial charge in [0.2, 0.25) is 0 Å². The number of rotatable bonds is 19. The van der Waals surface area contributed by atoms with Crippen molar-refractivity contribution in [3.63, 3.8) is 0 Å². The molecule has 2 aliphatic rings. The molecule has 2 aliphatic heterocycles. The molecular weight excluding hydrogens is 1550 g/mol. The second-order valence-electron chi connectivity index (χ2n) is 37.2. The predicted octanol–water partition coefficient (Wildman–Crippen LogP) is 28.9. The number of anilines is 5. The van der Waals surface area contributed by atoms with E-state index in [1.54, 1.807) is 33.7 Å². The van der Waals surface area contributed by atoms with Crippen molar-refractivity contribution in [1.29, 1.82) is 0 Å². The van der Waals surface area contributed by atoms with E-state index in [1.807, 2.05) is 24.3 Å². The summed E-state index contributed by atoms with van der Waals surface area (Å²) in [6.07, 6.45) is 0.642. The largest absolute Gasteiger partial charge is 0.363 e. The molecule has 0 saturated carbocycles. The maximum absolute atomic E-state index is 10.1. The lowest BCUT2D eigenvalue weighted by molar-refractivity contribution is 0.590. The van der Waals surface area contributed by atoms with Gasteiger partial charge in [0.15, 0.2) is 0 Å². The average Bonchev–Trinajstić information content (AvgIpc) is 1.65. The highest BCUT2D eigenvalue weighted by molar-refractivity contribution is 7.00. The third kappa shape index (κ3) is 14.4. The molecule has 0 radical (unpaired) electrons. The third-order valence-electron chi connectivity index (χ3n) is 26.1. The minimum Gasteiger partial charge on any atom is -0.363 e. The minimum absolute atomic E-state index is 0.0177. The van der Waals surface area contributed by atoms with Gasteiger partial charge in [-0.2, -0.15) is 0 Å². The van der Waals surface area contributed by atoms with Gasteiger partial charge in [-0.1, -0.05) is 341 Å². The van der Waals surface area contributed by atoms with Gasteiger partial charge in [0.25, 0.3) is 6.71 Å². The summed E-state index contributed by atoms with van der Waals surface area (Å²) >= 11 is 0. The summed E-state index contributed by atoms with van der Waals surface area (Å²) in [5.74, 6) is 0. The first-order valence-electron chi connectivity index (χ1n) is 54.6. The van der Waals surface area contributed by atoms with Crippen LogP contribution in [0.25, 0.3) is 121 Å². The molecule has 0 saturated heterocycles. The van der Waals surface area contributed by atoms with Crippen molar-refractivity contribution < 1.29 is 28.8 Å². The van der Waals surface area contributed by atoms with Gasteiger partial charge < -0.3 is 28.4 Å². The molecular formula is C121H105BN6. The Morgan fingerprint density at radius 2 is 0.719 bits per heavy atom. The molecule has 0 unspecified atom stereocenters. The zero-order valence-corrected chi connectivity index (χ0v) is 73.0. The first-order chi connectivity index (χ1) is 71.1. The number of aryl methyl sites for hydroxylation is 2. The first-order valence-corrected chi connectivity index (χ1v) is 44.1. The zero-order valence-electron chi connectivity index (χ0n) is 94.0. The zero-order chi connectivity index (χ0) is 105. The number of aromatic nitrogens is 3. The Bertz CT molecular complexity index is 8650. The molecule has 0 aliphatic carbocycles. The van der Waals surface area contributed by atoms with Crippen molar-refractivity contribution in [3.8, 4) is 55.9 Å². The lowest BCUT2D eigenvalue weighted by Gasteiger charge is -2.45. The van der Waals surface area contributed by atoms with Crippen molar-refractivity contribution in [1.82, 2.24) is 13.7 Å². The summed E-state index contributed by atoms with van der Waals surface area (Å²) in [4.78, 5) is 6.67. The Hall–Kier alpha value is -14.4. The fourth-order valence-corrected chi connectivity index (χ4v) is 19.6. The Morgan fingerprint density at radius 1 is 0.297 bits per heavy atom. The van der Waals surface area contributed by atoms with Crippen LogP contribution < -0.4 is 31.1 Å². The Morgan fingerprint density at radius 3 is 1.24 bits per heavy atom. The van der Waals surface area contributed by atoms with Gasteiger partial charge in [-0.3, -0.25) is 0 Å². The Balaban J connectivity index is 0.830. The van der Waals surface area contributed by atoms with Crippen LogP contribution in [0.1, 0.15) is 136 Å². The van der Waals surface area contributed by atoms with Gasteiger partial charge in [0.1, 0.15) is 0 Å². The summed E-state index contributed by atoms with van der Waals surface area (Å²) in [6.45, 7) is 19.7. The molecule has 17 aromatic carbocycles. The summed E-state index contributed by atoms with van der Waals surface area (Å²) in [6, 6.07) is 80.7. The van der Waals surface area contributed by atoms with Gasteiger partial charge in [-0.05, 0) is 244 Å². The van der Waals surface area contributed by atoms with E-state index in [-0.39, 0.29) is 104 Å². The normalized spacial score (nSPS) is 15.0. The van der Waals surface area contributed by atoms with Crippen LogP contribution in [0.15, 0.2) is 388 Å². The van der Waals surface area contributed by atoms with Gasteiger partial charge in [0.05, 0.1) is 50.9 Å². The van der Waals surface area contributed by atoms with E-state index in [9.17, 15) is 16.4 Å². The van der Waals surface area contributed by atoms with Crippen molar-refractivity contribution in [2.75, 3.05) is 21.2 Å². The maximum atomic E-state index is 10.1. The number of nitrogens with zero attached hydrogens (tertiary/aromatic N) is 6. The van der Waals surface area contributed by atoms with Crippen molar-refractivity contribution in [2.45, 2.75) is 118 Å². The smallest absolute Gasteiger partial charge is 0.252 e. The van der Waals surface area contributed by atoms with Crippen molar-refractivity contribution >= 4 is 117 Å². The highest BCUT2D eigenvalue weighted by Crippen LogP contribution is 2.48. The van der Waals surface area contributed by atoms with E-state index in [1.165, 1.54) is 15.7 Å². The Kier molecular flexibility index (Phi) is 14.8. The van der Waals surface area contributed by atoms with Crippen molar-refractivity contribution in [2.24, 2.45) is 0 Å². The van der Waals surface area contributed by atoms with E-state index in [2.05, 4.69) is 289 Å². The summed E-state index contributed by atoms with van der Waals surface area (Å²) in [5, 5.41) is 1.98. The van der Waals surface area contributed by atoms with E-state index >= 15 is 0 Å². The summed E-state index contributed by atoms with van der Waals surface area (Å²) < 4.78 is 201. The maximum Gasteiger partial charge on any atom is 0.252 e. The molecule has 0 fully saturated rings. The van der Waals surface area contributed by atoms with Crippen LogP contribution >= 0.6 is 0 Å². The van der Waals surface area contributed by atoms with E-state index < -0.39 is 134 Å². The highest BCUT2D eigenvalue weighted by atomic mass is 15.2. The number of fused-ring (bicyclic) bond motifs is 13. The van der Waals surface area contributed by atoms with Crippen LogP contribution in [0.2, 0.25) is 0 Å². The van der Waals surface area contributed by atoms with Crippen LogP contribution in [0.5, 0.6) is 0 Å². The second-order valence-corrected chi connectivity index (χ2v) is 37.2. The fraction of sp³-hybridized carbons (Fsp3) is 0.157. The van der Waals surface area contributed by atoms with E-state index in [0.717, 1.165) is 133 Å². The standard InChI is InChI=1S/C121H105BN6/c1-119(2,3)91-54-61-112-103(73-91)104-74-92(120(4,5)6)55-62-113(104)128(112)96-58-60-107-115(77-96)125(66-64-83-67-89(85-33-15-10-16-34-85)72-90(68-83)86-35-17-11-18-36-86)116-70-84(79-123(94-41-23-14-24-42-94)78-82-51-56-95(57-52-82)127-110-49-31-27-45-99(110)100-46-28-32-50-111(100)127)71-117-118(116)122(107)106-59-53-81(63-65-124-108-47-29-25-43-97(108)98-44-26-30-48-109(98)124)69-114(106)126(117)80-105-101(87-37-19-12-20-38-87)75-93(121(7,8)9)76-102(105)88-39-21-13-22-40-88/h10-62,67-77H,63-66,78-80H2,1-9H3/i14D,23D,24D,25D,26D,27D,28D,29D,30D,31D,32D,41D,42D,43D,44D,45D,46D,47D,48D,49D,50D. The predicted molar refractivity (Wildman–Crippen MR) is 546 cm³/mol. The molecule has 0 bridgehead atoms. The molecule has 22 rings (SSSR count). The molecule has 128 heavy (non-hydrogen) atoms. The molecule has 20 aromatic rings. The molecule has 0 N–H and O–H groups in total. The molecule has 5 heterocycles. The molecule has 7 heteroatoms. The summed E-state index contributed by atoms with van der Waals surface area (Å²) in [7, 11) is 0. The average molecular weight is 1680 g/mol. The fourth-order valence-electron chi connectivity index (χ4n) is 19.6. The van der Waals surface area contributed by atoms with Crippen LogP contribution in [-0.4, -0.2) is 27.0 Å². The van der Waals surface area contributed by atoms with Crippen LogP contribution in [0.4, 0.5) is 28.4 Å². The van der Waals surface area contributed by atoms with Gasteiger partial charge in [0, 0.05) is 116 Å². The molecule has 6 nitrogen and oxygen atoms in total. The van der Waals surface area contributed by atoms with Gasteiger partial charge >= 0.3 is 0 Å². The minimum atomic E-state index is -0.603. The van der Waals surface area contributed by atoms with Crippen LogP contribution in [0.3, 0.4) is 0 Å². The topological polar surface area (TPSA) is 24.5 Å². The van der Waals surface area contributed by atoms with E-state index in [4.69, 9.17) is 12.3 Å². The lowest BCUT2D eigenvalue weighted by atomic mass is 9.33. The number of hydrogen-bond acceptors (Lipinski definition) is 3. The molecule has 0 spiro atoms. The second kappa shape index (κ2) is 31.9. The lowest BCUT2D eigenvalue weighted by Crippen LogP contribution is -2.62. The molecule has 0 amide bonds. The number of hydrogen-bond donors (Lipinski definition) is 0. The van der Waals surface area contributed by atoms with Crippen LogP contribution in [-0.2, 0) is 55.3 Å². The van der Waals surface area contributed by atoms with Gasteiger partial charge in [-0.25, -0.2) is 0 Å². The first kappa shape index (κ1) is 59.5. The monoisotopic (exact) mass is 1670 g/mol. The molecule has 622 valence electrons. The quantitative estimate of drug-likeness (QED) is 0.0754. The van der Waals surface area contributed by atoms with Crippen molar-refractivity contribution in [3.05, 3.63) is 432 Å². The molecule has 0 atom stereocenters. The van der Waals surface area contributed by atoms with E-state index in [0.29, 0.717) is 24.1 Å². The van der Waals surface area contributed by atoms with Crippen LogP contribution in [0, 0.1) is 0 Å². The number of benzene rings is 17. The molecule has 3 aromatic heterocycles. The Labute approximate surface area is 782 Å². The van der Waals surface area contributed by atoms with Gasteiger partial charge in [-0.15, -0.1) is 0 Å². The highest BCUT2D eigenvalue weighted by Gasteiger charge is 2.44. The SMILES string of the molecule is [2H]c1c([2H])c([2H])c(N(Cc2ccc(-n3c4c([2H])c([2H])c([2H])c([2H])c4c4c([2H])c([2H])c([2H])c([2H])c43)cc2)Cc2cc3c4c(c2)N(Cc2c(-c5ccccc5)cc(C(C)(C)C)cc2-c2ccccc2)c2cc(CCn5c6c([2H])c([2H])c([2H])c([2H])c6c6c([2H])c([2H])c([2H])c([2H])c65)ccc2B4c2ccc(-n4c5ccc(C(C)(C)C)cc5c5cc(C(C)(C)C)ccc54)cc2N3CCc2cc(-c3ccccc3)cc(-c3ccccc3)c2)c([2H])c1[2H]. The number of para-hydroxylation sites is 5. The summed E-state index contributed by atoms with van der Waals surface area (Å²) in [5.41, 5.74) is 23.7. The third-order valence-corrected chi connectivity index (χ3v) is 26.1.